The first-order chi connectivity index (χ1) is 16.6. The number of nitrogens with zero attached hydrogens (tertiary/aromatic N) is 2. The largest absolute Gasteiger partial charge is 0.496 e. The van der Waals surface area contributed by atoms with Gasteiger partial charge in [0.25, 0.3) is 11.8 Å². The van der Waals surface area contributed by atoms with Gasteiger partial charge in [-0.25, -0.2) is 4.90 Å². The van der Waals surface area contributed by atoms with E-state index in [9.17, 15) is 14.9 Å². The van der Waals surface area contributed by atoms with Crippen molar-refractivity contribution >= 4 is 17.7 Å². The Morgan fingerprint density at radius 2 is 1.29 bits per heavy atom. The molecule has 168 valence electrons. The van der Waals surface area contributed by atoms with Crippen LogP contribution in [0.2, 0.25) is 0 Å². The number of para-hydroxylation sites is 2. The molecule has 3 aromatic carbocycles. The monoisotopic (exact) mass is 452 g/mol. The van der Waals surface area contributed by atoms with Crippen LogP contribution in [0.1, 0.15) is 26.3 Å². The first-order valence-electron chi connectivity index (χ1n) is 10.3. The summed E-state index contributed by atoms with van der Waals surface area (Å²) in [5.74, 6) is -0.707. The summed E-state index contributed by atoms with van der Waals surface area (Å²) in [7, 11) is 2.86. The van der Waals surface area contributed by atoms with Crippen LogP contribution in [-0.2, 0) is 0 Å². The van der Waals surface area contributed by atoms with Crippen molar-refractivity contribution in [2.45, 2.75) is 0 Å². The first-order valence-corrected chi connectivity index (χ1v) is 10.3. The zero-order valence-electron chi connectivity index (χ0n) is 18.5. The van der Waals surface area contributed by atoms with Crippen LogP contribution in [0, 0.1) is 11.3 Å². The summed E-state index contributed by atoms with van der Waals surface area (Å²) in [6, 6.07) is 25.7. The molecule has 0 aliphatic rings. The van der Waals surface area contributed by atoms with Crippen LogP contribution in [0.4, 0.5) is 5.88 Å². The number of carbonyl (C=O) groups excluding carboxylic acids is 2. The molecule has 0 aliphatic carbocycles. The quantitative estimate of drug-likeness (QED) is 0.368. The van der Waals surface area contributed by atoms with Crippen molar-refractivity contribution in [3.8, 4) is 28.9 Å². The van der Waals surface area contributed by atoms with Gasteiger partial charge in [-0.05, 0) is 24.3 Å². The Morgan fingerprint density at radius 3 is 1.79 bits per heavy atom. The molecule has 2 amide bonds. The molecule has 1 aromatic heterocycles. The number of furan rings is 1. The third-order valence-electron chi connectivity index (χ3n) is 5.18. The molecular weight excluding hydrogens is 432 g/mol. The van der Waals surface area contributed by atoms with Crippen LogP contribution < -0.4 is 14.4 Å². The van der Waals surface area contributed by atoms with Crippen LogP contribution in [-0.4, -0.2) is 26.0 Å². The molecule has 0 N–H and O–H groups in total. The molecule has 0 aliphatic heterocycles. The van der Waals surface area contributed by atoms with E-state index in [1.165, 1.54) is 32.4 Å². The Hall–Kier alpha value is -4.83. The highest BCUT2D eigenvalue weighted by Gasteiger charge is 2.34. The van der Waals surface area contributed by atoms with Gasteiger partial charge in [0.05, 0.1) is 25.3 Å². The Morgan fingerprint density at radius 1 is 0.794 bits per heavy atom. The van der Waals surface area contributed by atoms with Crippen LogP contribution in [0.25, 0.3) is 11.3 Å². The lowest BCUT2D eigenvalue weighted by Crippen LogP contribution is -2.37. The van der Waals surface area contributed by atoms with E-state index in [0.717, 1.165) is 4.90 Å². The van der Waals surface area contributed by atoms with Gasteiger partial charge >= 0.3 is 0 Å². The second kappa shape index (κ2) is 9.76. The van der Waals surface area contributed by atoms with Crippen LogP contribution in [0.5, 0.6) is 11.5 Å². The Bertz CT molecular complexity index is 1330. The molecule has 7 nitrogen and oxygen atoms in total. The van der Waals surface area contributed by atoms with Gasteiger partial charge < -0.3 is 13.9 Å². The molecule has 0 saturated heterocycles. The predicted octanol–water partition coefficient (Wildman–Crippen LogP) is 5.32. The number of ether oxygens (including phenoxy) is 2. The number of hydrogen-bond donors (Lipinski definition) is 0. The molecule has 34 heavy (non-hydrogen) atoms. The molecular formula is C27H20N2O5. The predicted molar refractivity (Wildman–Crippen MR) is 126 cm³/mol. The second-order valence-corrected chi connectivity index (χ2v) is 7.15. The minimum atomic E-state index is -0.709. The summed E-state index contributed by atoms with van der Waals surface area (Å²) in [5, 5.41) is 9.83. The van der Waals surface area contributed by atoms with E-state index in [0.29, 0.717) is 11.3 Å². The van der Waals surface area contributed by atoms with Gasteiger partial charge in [-0.2, -0.15) is 5.26 Å². The van der Waals surface area contributed by atoms with Gasteiger partial charge in [0.15, 0.2) is 0 Å². The first kappa shape index (κ1) is 22.4. The van der Waals surface area contributed by atoms with Crippen molar-refractivity contribution in [2.24, 2.45) is 0 Å². The fourth-order valence-electron chi connectivity index (χ4n) is 3.53. The van der Waals surface area contributed by atoms with E-state index >= 15 is 0 Å². The van der Waals surface area contributed by atoms with Crippen molar-refractivity contribution in [1.29, 1.82) is 5.26 Å². The number of amides is 2. The summed E-state index contributed by atoms with van der Waals surface area (Å²) in [4.78, 5) is 28.4. The highest BCUT2D eigenvalue weighted by molar-refractivity contribution is 6.26. The van der Waals surface area contributed by atoms with Crippen LogP contribution in [0.3, 0.4) is 0 Å². The molecule has 4 aromatic rings. The van der Waals surface area contributed by atoms with E-state index in [1.807, 2.05) is 24.3 Å². The lowest BCUT2D eigenvalue weighted by molar-refractivity contribution is 0.0888. The molecule has 0 atom stereocenters. The number of nitriles is 1. The molecule has 1 heterocycles. The SMILES string of the molecule is COc1ccccc1C(=O)N(C(=O)c1ccccc1OC)c1oc(-c2ccccc2)cc1C#N. The smallest absolute Gasteiger partial charge is 0.271 e. The number of benzene rings is 3. The maximum Gasteiger partial charge on any atom is 0.271 e. The lowest BCUT2D eigenvalue weighted by Gasteiger charge is -2.21. The maximum absolute atomic E-state index is 13.8. The summed E-state index contributed by atoms with van der Waals surface area (Å²) < 4.78 is 16.6. The highest BCUT2D eigenvalue weighted by Crippen LogP contribution is 2.35. The van der Waals surface area contributed by atoms with E-state index in [-0.39, 0.29) is 34.1 Å². The minimum absolute atomic E-state index is 0.0327. The Labute approximate surface area is 196 Å². The van der Waals surface area contributed by atoms with Crippen molar-refractivity contribution < 1.29 is 23.5 Å². The Kier molecular flexibility index (Phi) is 6.42. The molecule has 0 unspecified atom stereocenters. The third kappa shape index (κ3) is 4.12. The van der Waals surface area contributed by atoms with E-state index in [2.05, 4.69) is 0 Å². The number of imide groups is 1. The summed E-state index contributed by atoms with van der Waals surface area (Å²) in [5.41, 5.74) is 0.995. The van der Waals surface area contributed by atoms with Crippen LogP contribution in [0.15, 0.2) is 89.3 Å². The fourth-order valence-corrected chi connectivity index (χ4v) is 3.53. The standard InChI is InChI=1S/C27H20N2O5/c1-32-22-14-8-6-12-20(22)25(30)29(26(31)21-13-7-9-15-23(21)33-2)27-19(17-28)16-24(34-27)18-10-4-3-5-11-18/h3-16H,1-2H3. The Balaban J connectivity index is 1.92. The van der Waals surface area contributed by atoms with Crippen LogP contribution >= 0.6 is 0 Å². The molecule has 0 bridgehead atoms. The zero-order chi connectivity index (χ0) is 24.1. The third-order valence-corrected chi connectivity index (χ3v) is 5.18. The van der Waals surface area contributed by atoms with E-state index in [4.69, 9.17) is 13.9 Å². The van der Waals surface area contributed by atoms with Crippen molar-refractivity contribution in [3.05, 3.63) is 102 Å². The molecule has 0 radical (unpaired) electrons. The number of hydrogen-bond acceptors (Lipinski definition) is 6. The molecule has 4 rings (SSSR count). The van der Waals surface area contributed by atoms with Gasteiger partial charge in [-0.15, -0.1) is 0 Å². The number of anilines is 1. The van der Waals surface area contributed by atoms with Gasteiger partial charge in [0, 0.05) is 11.6 Å². The van der Waals surface area contributed by atoms with Gasteiger partial charge in [0.2, 0.25) is 5.88 Å². The van der Waals surface area contributed by atoms with Gasteiger partial charge in [0.1, 0.15) is 28.9 Å². The topological polar surface area (TPSA) is 92.8 Å². The molecule has 7 heteroatoms. The maximum atomic E-state index is 13.8. The average Bonchev–Trinajstić information content (AvgIpc) is 3.33. The minimum Gasteiger partial charge on any atom is -0.496 e. The van der Waals surface area contributed by atoms with Crippen molar-refractivity contribution in [1.82, 2.24) is 0 Å². The molecule has 0 saturated carbocycles. The summed E-state index contributed by atoms with van der Waals surface area (Å²) >= 11 is 0. The molecule has 0 fully saturated rings. The van der Waals surface area contributed by atoms with E-state index < -0.39 is 11.8 Å². The second-order valence-electron chi connectivity index (χ2n) is 7.15. The zero-order valence-corrected chi connectivity index (χ0v) is 18.5. The summed E-state index contributed by atoms with van der Waals surface area (Å²) in [6.07, 6.45) is 0. The lowest BCUT2D eigenvalue weighted by atomic mass is 10.1. The number of rotatable bonds is 6. The number of carbonyl (C=O) groups is 2. The summed E-state index contributed by atoms with van der Waals surface area (Å²) in [6.45, 7) is 0. The van der Waals surface area contributed by atoms with Gasteiger partial charge in [-0.3, -0.25) is 9.59 Å². The van der Waals surface area contributed by atoms with Gasteiger partial charge in [-0.1, -0.05) is 54.6 Å². The van der Waals surface area contributed by atoms with Crippen molar-refractivity contribution in [3.63, 3.8) is 0 Å². The van der Waals surface area contributed by atoms with E-state index in [1.54, 1.807) is 48.5 Å². The molecule has 0 spiro atoms. The normalized spacial score (nSPS) is 10.3. The number of methoxy groups -OCH3 is 2. The van der Waals surface area contributed by atoms with Crippen molar-refractivity contribution in [2.75, 3.05) is 19.1 Å². The fraction of sp³-hybridized carbons (Fsp3) is 0.0741. The average molecular weight is 452 g/mol. The highest BCUT2D eigenvalue weighted by atomic mass is 16.5.